The van der Waals surface area contributed by atoms with Gasteiger partial charge in [-0.1, -0.05) is 6.07 Å². The molecule has 0 unspecified atom stereocenters. The molecule has 2 N–H and O–H groups in total. The number of hydrogen-bond donors (Lipinski definition) is 2. The third-order valence-corrected chi connectivity index (χ3v) is 3.90. The number of nitrogens with zero attached hydrogens (tertiary/aromatic N) is 2. The van der Waals surface area contributed by atoms with Crippen molar-refractivity contribution in [2.75, 3.05) is 30.4 Å². The molecular weight excluding hydrogens is 332 g/mol. The van der Waals surface area contributed by atoms with Crippen molar-refractivity contribution in [3.8, 4) is 5.75 Å². The Balaban J connectivity index is 1.86. The highest BCUT2D eigenvalue weighted by molar-refractivity contribution is 6.39. The highest BCUT2D eigenvalue weighted by atomic mass is 16.5. The van der Waals surface area contributed by atoms with Crippen molar-refractivity contribution >= 4 is 23.3 Å². The van der Waals surface area contributed by atoms with E-state index in [0.717, 1.165) is 24.5 Å². The average Bonchev–Trinajstić information content (AvgIpc) is 2.68. The first-order valence-electron chi connectivity index (χ1n) is 8.50. The van der Waals surface area contributed by atoms with E-state index in [-0.39, 0.29) is 6.54 Å². The summed E-state index contributed by atoms with van der Waals surface area (Å²) < 4.78 is 5.05. The molecule has 1 aromatic heterocycles. The van der Waals surface area contributed by atoms with Crippen molar-refractivity contribution in [2.45, 2.75) is 20.4 Å². The van der Waals surface area contributed by atoms with E-state index >= 15 is 0 Å². The Bertz CT molecular complexity index is 725. The standard InChI is InChI=1S/C19H24N4O3/c1-4-23(5-2)17-11-6-14(12-20-17)13-21-18(24)19(25)22-15-7-9-16(26-3)10-8-15/h6-12H,4-5,13H2,1-3H3,(H,21,24)(H,22,25). The lowest BCUT2D eigenvalue weighted by Crippen LogP contribution is -2.35. The molecule has 0 bridgehead atoms. The van der Waals surface area contributed by atoms with Crippen molar-refractivity contribution in [3.63, 3.8) is 0 Å². The molecule has 0 saturated heterocycles. The number of nitrogens with one attached hydrogen (secondary N) is 2. The molecule has 0 fully saturated rings. The second kappa shape index (κ2) is 9.41. The second-order valence-corrected chi connectivity index (χ2v) is 5.56. The minimum Gasteiger partial charge on any atom is -0.497 e. The predicted octanol–water partition coefficient (Wildman–Crippen LogP) is 2.19. The first kappa shape index (κ1) is 19.2. The van der Waals surface area contributed by atoms with Crippen LogP contribution in [0.3, 0.4) is 0 Å². The van der Waals surface area contributed by atoms with Crippen molar-refractivity contribution in [1.29, 1.82) is 0 Å². The number of hydrogen-bond acceptors (Lipinski definition) is 5. The van der Waals surface area contributed by atoms with Crippen LogP contribution in [0.15, 0.2) is 42.6 Å². The van der Waals surface area contributed by atoms with Crippen LogP contribution >= 0.6 is 0 Å². The van der Waals surface area contributed by atoms with Crippen molar-refractivity contribution in [2.24, 2.45) is 0 Å². The highest BCUT2D eigenvalue weighted by Crippen LogP contribution is 2.15. The van der Waals surface area contributed by atoms with Crippen molar-refractivity contribution in [1.82, 2.24) is 10.3 Å². The number of ether oxygens (including phenoxy) is 1. The summed E-state index contributed by atoms with van der Waals surface area (Å²) in [6.07, 6.45) is 1.70. The molecule has 138 valence electrons. The Morgan fingerprint density at radius 3 is 2.27 bits per heavy atom. The molecule has 7 nitrogen and oxygen atoms in total. The maximum atomic E-state index is 11.9. The van der Waals surface area contributed by atoms with Gasteiger partial charge in [-0.15, -0.1) is 0 Å². The highest BCUT2D eigenvalue weighted by Gasteiger charge is 2.13. The van der Waals surface area contributed by atoms with E-state index in [4.69, 9.17) is 4.74 Å². The van der Waals surface area contributed by atoms with Crippen LogP contribution in [-0.4, -0.2) is 37.0 Å². The number of pyridine rings is 1. The molecule has 2 amide bonds. The van der Waals surface area contributed by atoms with Gasteiger partial charge in [-0.05, 0) is 49.7 Å². The van der Waals surface area contributed by atoms with E-state index in [1.165, 1.54) is 0 Å². The average molecular weight is 356 g/mol. The minimum atomic E-state index is -0.720. The van der Waals surface area contributed by atoms with Crippen LogP contribution in [0, 0.1) is 0 Å². The number of carbonyl (C=O) groups excluding carboxylic acids is 2. The van der Waals surface area contributed by atoms with Gasteiger partial charge in [0.05, 0.1) is 7.11 Å². The topological polar surface area (TPSA) is 83.6 Å². The molecule has 1 aromatic carbocycles. The van der Waals surface area contributed by atoms with Crippen LogP contribution in [0.5, 0.6) is 5.75 Å². The number of benzene rings is 1. The minimum absolute atomic E-state index is 0.237. The molecule has 0 aliphatic carbocycles. The van der Waals surface area contributed by atoms with Crippen LogP contribution in [0.4, 0.5) is 11.5 Å². The molecule has 0 atom stereocenters. The summed E-state index contributed by atoms with van der Waals surface area (Å²) in [5.41, 5.74) is 1.35. The van der Waals surface area contributed by atoms with Crippen LogP contribution in [0.1, 0.15) is 19.4 Å². The summed E-state index contributed by atoms with van der Waals surface area (Å²) in [6.45, 7) is 6.14. The maximum absolute atomic E-state index is 11.9. The van der Waals surface area contributed by atoms with Gasteiger partial charge >= 0.3 is 11.8 Å². The number of amides is 2. The fraction of sp³-hybridized carbons (Fsp3) is 0.316. The lowest BCUT2D eigenvalue weighted by molar-refractivity contribution is -0.136. The summed E-state index contributed by atoms with van der Waals surface area (Å²) in [5, 5.41) is 5.13. The SMILES string of the molecule is CCN(CC)c1ccc(CNC(=O)C(=O)Nc2ccc(OC)cc2)cn1. The Morgan fingerprint density at radius 1 is 1.04 bits per heavy atom. The van der Waals surface area contributed by atoms with Crippen molar-refractivity contribution in [3.05, 3.63) is 48.2 Å². The first-order chi connectivity index (χ1) is 12.6. The number of anilines is 2. The van der Waals surface area contributed by atoms with Crippen LogP contribution < -0.4 is 20.3 Å². The quantitative estimate of drug-likeness (QED) is 0.743. The number of carbonyl (C=O) groups is 2. The fourth-order valence-corrected chi connectivity index (χ4v) is 2.38. The molecule has 7 heteroatoms. The molecule has 2 rings (SSSR count). The van der Waals surface area contributed by atoms with Gasteiger partial charge in [0.1, 0.15) is 11.6 Å². The number of methoxy groups -OCH3 is 1. The van der Waals surface area contributed by atoms with E-state index in [1.807, 2.05) is 12.1 Å². The van der Waals surface area contributed by atoms with Gasteiger partial charge in [0.2, 0.25) is 0 Å². The smallest absolute Gasteiger partial charge is 0.313 e. The number of rotatable bonds is 7. The molecule has 0 radical (unpaired) electrons. The van der Waals surface area contributed by atoms with Gasteiger partial charge < -0.3 is 20.3 Å². The third-order valence-electron chi connectivity index (χ3n) is 3.90. The summed E-state index contributed by atoms with van der Waals surface area (Å²) in [6, 6.07) is 10.5. The van der Waals surface area contributed by atoms with Crippen molar-refractivity contribution < 1.29 is 14.3 Å². The Labute approximate surface area is 153 Å². The van der Waals surface area contributed by atoms with Gasteiger partial charge in [0.25, 0.3) is 0 Å². The van der Waals surface area contributed by atoms with E-state index in [1.54, 1.807) is 37.6 Å². The fourth-order valence-electron chi connectivity index (χ4n) is 2.38. The maximum Gasteiger partial charge on any atom is 0.313 e. The largest absolute Gasteiger partial charge is 0.497 e. The molecule has 0 aliphatic heterocycles. The predicted molar refractivity (Wildman–Crippen MR) is 101 cm³/mol. The molecular formula is C19H24N4O3. The zero-order valence-corrected chi connectivity index (χ0v) is 15.3. The molecule has 0 saturated carbocycles. The van der Waals surface area contributed by atoms with E-state index in [9.17, 15) is 9.59 Å². The Morgan fingerprint density at radius 2 is 1.73 bits per heavy atom. The van der Waals surface area contributed by atoms with Crippen LogP contribution in [-0.2, 0) is 16.1 Å². The molecule has 1 heterocycles. The monoisotopic (exact) mass is 356 g/mol. The lowest BCUT2D eigenvalue weighted by Gasteiger charge is -2.19. The molecule has 2 aromatic rings. The van der Waals surface area contributed by atoms with Gasteiger partial charge in [-0.25, -0.2) is 4.98 Å². The summed E-state index contributed by atoms with van der Waals surface area (Å²) in [5.74, 6) is 0.145. The lowest BCUT2D eigenvalue weighted by atomic mass is 10.2. The molecule has 26 heavy (non-hydrogen) atoms. The molecule has 0 aliphatic rings. The Hall–Kier alpha value is -3.09. The van der Waals surface area contributed by atoms with E-state index in [2.05, 4.69) is 34.4 Å². The normalized spacial score (nSPS) is 10.1. The third kappa shape index (κ3) is 5.20. The van der Waals surface area contributed by atoms with Gasteiger partial charge in [0.15, 0.2) is 0 Å². The van der Waals surface area contributed by atoms with E-state index in [0.29, 0.717) is 11.4 Å². The van der Waals surface area contributed by atoms with E-state index < -0.39 is 11.8 Å². The zero-order chi connectivity index (χ0) is 18.9. The van der Waals surface area contributed by atoms with Gasteiger partial charge in [0, 0.05) is 31.5 Å². The van der Waals surface area contributed by atoms with Crippen LogP contribution in [0.2, 0.25) is 0 Å². The Kier molecular flexibility index (Phi) is 6.96. The molecule has 0 spiro atoms. The van der Waals surface area contributed by atoms with Gasteiger partial charge in [-0.3, -0.25) is 9.59 Å². The first-order valence-corrected chi connectivity index (χ1v) is 8.50. The summed E-state index contributed by atoms with van der Waals surface area (Å²) in [7, 11) is 1.56. The number of aromatic nitrogens is 1. The second-order valence-electron chi connectivity index (χ2n) is 5.56. The van der Waals surface area contributed by atoms with Gasteiger partial charge in [-0.2, -0.15) is 0 Å². The summed E-state index contributed by atoms with van der Waals surface area (Å²) in [4.78, 5) is 30.4. The van der Waals surface area contributed by atoms with Crippen LogP contribution in [0.25, 0.3) is 0 Å². The zero-order valence-electron chi connectivity index (χ0n) is 15.3. The summed E-state index contributed by atoms with van der Waals surface area (Å²) >= 11 is 0.